The number of benzene rings is 3. The van der Waals surface area contributed by atoms with Gasteiger partial charge in [-0.1, -0.05) is 42.0 Å². The van der Waals surface area contributed by atoms with Crippen molar-refractivity contribution in [2.45, 2.75) is 6.92 Å². The molecule has 2 N–H and O–H groups in total. The number of furan rings is 1. The second-order valence-corrected chi connectivity index (χ2v) is 12.4. The van der Waals surface area contributed by atoms with Crippen molar-refractivity contribution in [3.8, 4) is 33.8 Å². The molecule has 6 aromatic rings. The lowest BCUT2D eigenvalue weighted by Gasteiger charge is -2.20. The summed E-state index contributed by atoms with van der Waals surface area (Å²) in [7, 11) is -0.834. The van der Waals surface area contributed by atoms with Gasteiger partial charge in [0.15, 0.2) is 5.65 Å². The summed E-state index contributed by atoms with van der Waals surface area (Å²) < 4.78 is 46.5. The van der Waals surface area contributed by atoms with Crippen molar-refractivity contribution in [2.75, 3.05) is 24.7 Å². The fourth-order valence-electron chi connectivity index (χ4n) is 5.00. The van der Waals surface area contributed by atoms with Crippen LogP contribution in [0.3, 0.4) is 0 Å². The van der Waals surface area contributed by atoms with Crippen molar-refractivity contribution in [3.63, 3.8) is 0 Å². The van der Waals surface area contributed by atoms with Crippen molar-refractivity contribution < 1.29 is 22.0 Å². The number of fused-ring (bicyclic) bond motifs is 2. The molecule has 3 heterocycles. The number of aromatic amines is 1. The minimum atomic E-state index is -3.75. The predicted molar refractivity (Wildman–Crippen MR) is 168 cm³/mol. The van der Waals surface area contributed by atoms with Crippen LogP contribution < -0.4 is 15.2 Å². The molecule has 12 heteroatoms. The number of sulfonamides is 1. The topological polar surface area (TPSA) is 138 Å². The number of H-pyrrole nitrogens is 1. The molecule has 3 aromatic carbocycles. The van der Waals surface area contributed by atoms with E-state index in [2.05, 4.69) is 20.3 Å². The normalized spacial score (nSPS) is 11.7. The van der Waals surface area contributed by atoms with Gasteiger partial charge in [0, 0.05) is 54.0 Å². The molecule has 6 rings (SSSR count). The van der Waals surface area contributed by atoms with Crippen molar-refractivity contribution in [1.82, 2.24) is 20.3 Å². The number of aryl methyl sites for hydroxylation is 1. The summed E-state index contributed by atoms with van der Waals surface area (Å²) in [5, 5.41) is 3.23. The molecule has 0 unspecified atom stereocenters. The minimum absolute atomic E-state index is 0.117. The second-order valence-electron chi connectivity index (χ2n) is 10.4. The first-order valence-electron chi connectivity index (χ1n) is 13.4. The maximum Gasteiger partial charge on any atom is 0.260 e. The molecule has 0 spiro atoms. The Kier molecular flexibility index (Phi) is 7.01. The third-order valence-corrected chi connectivity index (χ3v) is 8.57. The molecule has 0 atom stereocenters. The highest BCUT2D eigenvalue weighted by Gasteiger charge is 2.26. The molecule has 0 aliphatic rings. The van der Waals surface area contributed by atoms with E-state index in [0.29, 0.717) is 39.0 Å². The van der Waals surface area contributed by atoms with Gasteiger partial charge in [0.25, 0.3) is 11.5 Å². The summed E-state index contributed by atoms with van der Waals surface area (Å²) in [5.74, 6) is -0.394. The quantitative estimate of drug-likeness (QED) is 0.262. The van der Waals surface area contributed by atoms with Gasteiger partial charge in [-0.2, -0.15) is 0 Å². The molecule has 0 fully saturated rings. The lowest BCUT2D eigenvalue weighted by atomic mass is 9.98. The maximum atomic E-state index is 13.8. The number of rotatable bonds is 6. The first-order valence-corrected chi connectivity index (χ1v) is 15.3. The number of carbonyl (C=O) groups excluding carboxylic acids is 1. The van der Waals surface area contributed by atoms with Crippen molar-refractivity contribution in [3.05, 3.63) is 100 Å². The third kappa shape index (κ3) is 5.09. The lowest BCUT2D eigenvalue weighted by Crippen LogP contribution is -2.25. The lowest BCUT2D eigenvalue weighted by molar-refractivity contribution is 0.0964. The van der Waals surface area contributed by atoms with Gasteiger partial charge in [0.2, 0.25) is 10.0 Å². The summed E-state index contributed by atoms with van der Waals surface area (Å²) in [5.41, 5.74) is 3.27. The Morgan fingerprint density at radius 3 is 2.43 bits per heavy atom. The van der Waals surface area contributed by atoms with Gasteiger partial charge in [-0.05, 0) is 31.2 Å². The molecule has 0 saturated heterocycles. The number of nitrogens with zero attached hydrogens (tertiary/aromatic N) is 3. The molecule has 1 amide bonds. The van der Waals surface area contributed by atoms with E-state index in [1.54, 1.807) is 24.3 Å². The molecule has 222 valence electrons. The fraction of sp³-hybridized carbons (Fsp3) is 0.125. The summed E-state index contributed by atoms with van der Waals surface area (Å²) >= 11 is 0. The van der Waals surface area contributed by atoms with Crippen LogP contribution in [-0.4, -0.2) is 49.6 Å². The highest BCUT2D eigenvalue weighted by molar-refractivity contribution is 7.92. The van der Waals surface area contributed by atoms with Crippen LogP contribution in [0.15, 0.2) is 82.1 Å². The Morgan fingerprint density at radius 1 is 1.00 bits per heavy atom. The van der Waals surface area contributed by atoms with Crippen molar-refractivity contribution in [1.29, 1.82) is 0 Å². The van der Waals surface area contributed by atoms with Gasteiger partial charge in [0.05, 0.1) is 22.9 Å². The van der Waals surface area contributed by atoms with E-state index in [0.717, 1.165) is 16.1 Å². The summed E-state index contributed by atoms with van der Waals surface area (Å²) in [6.07, 6.45) is 2.53. The average Bonchev–Trinajstić information content (AvgIpc) is 3.38. The van der Waals surface area contributed by atoms with E-state index in [9.17, 15) is 22.4 Å². The van der Waals surface area contributed by atoms with E-state index in [-0.39, 0.29) is 28.1 Å². The number of carbonyl (C=O) groups is 1. The number of pyridine rings is 1. The van der Waals surface area contributed by atoms with Crippen LogP contribution in [0.5, 0.6) is 0 Å². The van der Waals surface area contributed by atoms with Gasteiger partial charge in [-0.3, -0.25) is 13.9 Å². The third-order valence-electron chi connectivity index (χ3n) is 7.38. The molecule has 0 saturated carbocycles. The molecule has 0 bridgehead atoms. The van der Waals surface area contributed by atoms with Gasteiger partial charge in [-0.25, -0.2) is 22.8 Å². The Balaban J connectivity index is 1.60. The molecule has 10 nitrogen and oxygen atoms in total. The smallest absolute Gasteiger partial charge is 0.260 e. The fourth-order valence-corrected chi connectivity index (χ4v) is 5.51. The monoisotopic (exact) mass is 611 g/mol. The molecular weight excluding hydrogens is 585 g/mol. The number of nitrogens with one attached hydrogen (secondary N) is 2. The van der Waals surface area contributed by atoms with E-state index in [1.165, 1.54) is 38.5 Å². The zero-order chi connectivity index (χ0) is 31.3. The Labute approximate surface area is 251 Å². The Morgan fingerprint density at radius 2 is 1.75 bits per heavy atom. The van der Waals surface area contributed by atoms with Gasteiger partial charge < -0.3 is 14.7 Å². The number of hydrogen-bond acceptors (Lipinski definition) is 7. The van der Waals surface area contributed by atoms with Crippen molar-refractivity contribution in [2.24, 2.45) is 0 Å². The van der Waals surface area contributed by atoms with Crippen LogP contribution in [0.4, 0.5) is 10.1 Å². The van der Waals surface area contributed by atoms with Gasteiger partial charge in [0.1, 0.15) is 23.0 Å². The zero-order valence-electron chi connectivity index (χ0n) is 24.1. The zero-order valence-corrected chi connectivity index (χ0v) is 24.9. The highest BCUT2D eigenvalue weighted by Crippen LogP contribution is 2.41. The van der Waals surface area contributed by atoms with E-state index >= 15 is 0 Å². The molecule has 44 heavy (non-hydrogen) atoms. The summed E-state index contributed by atoms with van der Waals surface area (Å²) in [4.78, 5) is 37.9. The van der Waals surface area contributed by atoms with Crippen LogP contribution in [0.2, 0.25) is 0 Å². The molecular formula is C32H26FN5O5S. The van der Waals surface area contributed by atoms with Crippen LogP contribution in [-0.2, 0) is 10.0 Å². The number of aromatic nitrogens is 3. The van der Waals surface area contributed by atoms with Crippen LogP contribution in [0.1, 0.15) is 15.9 Å². The number of amides is 1. The predicted octanol–water partition coefficient (Wildman–Crippen LogP) is 5.27. The van der Waals surface area contributed by atoms with Crippen LogP contribution >= 0.6 is 0 Å². The highest BCUT2D eigenvalue weighted by atomic mass is 32.2. The number of anilines is 1. The maximum absolute atomic E-state index is 13.8. The van der Waals surface area contributed by atoms with Gasteiger partial charge in [-0.15, -0.1) is 0 Å². The van der Waals surface area contributed by atoms with Crippen molar-refractivity contribution >= 4 is 43.6 Å². The first kappa shape index (κ1) is 28.7. The van der Waals surface area contributed by atoms with E-state index in [4.69, 9.17) is 4.42 Å². The molecule has 0 radical (unpaired) electrons. The molecule has 0 aliphatic heterocycles. The summed E-state index contributed by atoms with van der Waals surface area (Å²) in [6.45, 7) is 1.95. The SMILES string of the molecule is CNC(=O)c1c(-c2ccc(C)cc2)oc2cc(N(C)S(C)(=O)=O)c(-c3cnc4nc(-c5cccc(F)c5)[nH]c(=O)c4c3)cc12. The minimum Gasteiger partial charge on any atom is -0.455 e. The average molecular weight is 612 g/mol. The second kappa shape index (κ2) is 10.7. The summed E-state index contributed by atoms with van der Waals surface area (Å²) in [6, 6.07) is 17.9. The molecule has 0 aliphatic carbocycles. The standard InChI is InChI=1S/C32H26FN5O5S/c1-17-8-10-18(11-9-17)28-27(32(40)34-2)23-14-22(25(15-26(23)43-28)38(3)44(4,41)42)20-13-24-30(35-16-20)36-29(37-31(24)39)19-6-5-7-21(33)12-19/h5-16H,1-4H3,(H,34,40)(H,35,36,37,39). The van der Waals surface area contributed by atoms with Crippen LogP contribution in [0.25, 0.3) is 55.8 Å². The first-order chi connectivity index (χ1) is 20.9. The number of halogens is 1. The van der Waals surface area contributed by atoms with Gasteiger partial charge >= 0.3 is 0 Å². The largest absolute Gasteiger partial charge is 0.455 e. The Hall–Kier alpha value is -5.36. The Bertz CT molecular complexity index is 2280. The van der Waals surface area contributed by atoms with Crippen LogP contribution in [0, 0.1) is 12.7 Å². The number of hydrogen-bond donors (Lipinski definition) is 2. The van der Waals surface area contributed by atoms with E-state index < -0.39 is 27.3 Å². The van der Waals surface area contributed by atoms with E-state index in [1.807, 2.05) is 31.2 Å². The molecule has 3 aromatic heterocycles.